The number of piperidine rings is 1. The van der Waals surface area contributed by atoms with Gasteiger partial charge in [-0.2, -0.15) is 5.10 Å². The van der Waals surface area contributed by atoms with Gasteiger partial charge in [-0.15, -0.1) is 0 Å². The molecule has 6 heteroatoms. The first-order valence-electron chi connectivity index (χ1n) is 10.6. The smallest absolute Gasteiger partial charge is 0.280 e. The van der Waals surface area contributed by atoms with Crippen LogP contribution in [0.1, 0.15) is 23.2 Å². The number of amides is 1. The summed E-state index contributed by atoms with van der Waals surface area (Å²) in [5.74, 6) is -0.242. The highest BCUT2D eigenvalue weighted by Crippen LogP contribution is 2.32. The van der Waals surface area contributed by atoms with E-state index >= 15 is 0 Å². The summed E-state index contributed by atoms with van der Waals surface area (Å²) in [5, 5.41) is 4.57. The molecule has 1 aromatic heterocycles. The Morgan fingerprint density at radius 2 is 1.48 bits per heavy atom. The lowest BCUT2D eigenvalue weighted by atomic mass is 9.94. The first kappa shape index (κ1) is 21.0. The SMILES string of the molecule is CN1CCC(N(C)C(=O)c2c(-c3ccccc3)c(-c3ccccc3)nn(C)c2=O)CC1. The van der Waals surface area contributed by atoms with E-state index in [1.54, 1.807) is 11.9 Å². The van der Waals surface area contributed by atoms with Crippen LogP contribution in [0.4, 0.5) is 0 Å². The third-order valence-electron chi connectivity index (χ3n) is 6.12. The lowest BCUT2D eigenvalue weighted by Gasteiger charge is -2.35. The number of hydrogen-bond donors (Lipinski definition) is 0. The highest BCUT2D eigenvalue weighted by molar-refractivity contribution is 6.03. The number of hydrogen-bond acceptors (Lipinski definition) is 4. The maximum absolute atomic E-state index is 13.7. The quantitative estimate of drug-likeness (QED) is 0.655. The normalized spacial score (nSPS) is 15.1. The second-order valence-corrected chi connectivity index (χ2v) is 8.21. The lowest BCUT2D eigenvalue weighted by molar-refractivity contribution is 0.0657. The van der Waals surface area contributed by atoms with Crippen LogP contribution in [0.2, 0.25) is 0 Å². The van der Waals surface area contributed by atoms with Crippen molar-refractivity contribution in [1.29, 1.82) is 0 Å². The fraction of sp³-hybridized carbons (Fsp3) is 0.320. The van der Waals surface area contributed by atoms with Crippen LogP contribution in [-0.2, 0) is 7.05 Å². The summed E-state index contributed by atoms with van der Waals surface area (Å²) in [6.07, 6.45) is 1.80. The van der Waals surface area contributed by atoms with Gasteiger partial charge in [0, 0.05) is 31.3 Å². The van der Waals surface area contributed by atoms with Gasteiger partial charge in [-0.05, 0) is 38.5 Å². The van der Waals surface area contributed by atoms with Crippen molar-refractivity contribution < 1.29 is 4.79 Å². The molecule has 0 atom stereocenters. The second-order valence-electron chi connectivity index (χ2n) is 8.21. The molecule has 1 amide bonds. The zero-order valence-electron chi connectivity index (χ0n) is 18.3. The third kappa shape index (κ3) is 4.16. The molecule has 1 saturated heterocycles. The first-order valence-corrected chi connectivity index (χ1v) is 10.6. The Kier molecular flexibility index (Phi) is 6.00. The van der Waals surface area contributed by atoms with E-state index in [-0.39, 0.29) is 23.1 Å². The van der Waals surface area contributed by atoms with Crippen molar-refractivity contribution in [3.63, 3.8) is 0 Å². The molecule has 1 aliphatic rings. The highest BCUT2D eigenvalue weighted by atomic mass is 16.2. The largest absolute Gasteiger partial charge is 0.338 e. The number of aryl methyl sites for hydroxylation is 1. The molecular weight excluding hydrogens is 388 g/mol. The van der Waals surface area contributed by atoms with Gasteiger partial charge in [0.15, 0.2) is 0 Å². The molecule has 0 N–H and O–H groups in total. The standard InChI is InChI=1S/C25H28N4O2/c1-27-16-14-20(15-17-27)28(2)24(30)22-21(18-10-6-4-7-11-18)23(26-29(3)25(22)31)19-12-8-5-9-13-19/h4-13,20H,14-17H2,1-3H3. The van der Waals surface area contributed by atoms with E-state index < -0.39 is 0 Å². The van der Waals surface area contributed by atoms with Gasteiger partial charge in [-0.1, -0.05) is 60.7 Å². The van der Waals surface area contributed by atoms with Crippen molar-refractivity contribution in [2.24, 2.45) is 7.05 Å². The predicted molar refractivity (Wildman–Crippen MR) is 123 cm³/mol. The van der Waals surface area contributed by atoms with Crippen molar-refractivity contribution in [3.8, 4) is 22.4 Å². The van der Waals surface area contributed by atoms with E-state index in [0.29, 0.717) is 11.3 Å². The van der Waals surface area contributed by atoms with Crippen molar-refractivity contribution in [2.45, 2.75) is 18.9 Å². The minimum atomic E-state index is -0.372. The first-order chi connectivity index (χ1) is 15.0. The number of carbonyl (C=O) groups excluding carboxylic acids is 1. The molecular formula is C25H28N4O2. The van der Waals surface area contributed by atoms with E-state index in [9.17, 15) is 9.59 Å². The fourth-order valence-corrected chi connectivity index (χ4v) is 4.24. The Hall–Kier alpha value is -3.25. The van der Waals surface area contributed by atoms with E-state index in [0.717, 1.165) is 37.1 Å². The van der Waals surface area contributed by atoms with Crippen LogP contribution in [0.5, 0.6) is 0 Å². The molecule has 1 aliphatic heterocycles. The van der Waals surface area contributed by atoms with Gasteiger partial charge >= 0.3 is 0 Å². The van der Waals surface area contributed by atoms with E-state index in [2.05, 4.69) is 17.0 Å². The van der Waals surface area contributed by atoms with Crippen LogP contribution in [-0.4, -0.2) is 58.7 Å². The van der Waals surface area contributed by atoms with Crippen molar-refractivity contribution in [3.05, 3.63) is 76.6 Å². The molecule has 3 aromatic rings. The van der Waals surface area contributed by atoms with Gasteiger partial charge in [0.05, 0.1) is 5.69 Å². The number of aromatic nitrogens is 2. The van der Waals surface area contributed by atoms with Crippen LogP contribution in [0, 0.1) is 0 Å². The maximum Gasteiger partial charge on any atom is 0.280 e. The molecule has 0 saturated carbocycles. The zero-order valence-corrected chi connectivity index (χ0v) is 18.3. The Morgan fingerprint density at radius 1 is 0.935 bits per heavy atom. The van der Waals surface area contributed by atoms with Gasteiger partial charge in [-0.3, -0.25) is 9.59 Å². The van der Waals surface area contributed by atoms with Crippen molar-refractivity contribution in [1.82, 2.24) is 19.6 Å². The Bertz CT molecular complexity index is 1120. The molecule has 31 heavy (non-hydrogen) atoms. The zero-order chi connectivity index (χ0) is 22.0. The van der Waals surface area contributed by atoms with Crippen LogP contribution >= 0.6 is 0 Å². The molecule has 0 radical (unpaired) electrons. The minimum Gasteiger partial charge on any atom is -0.338 e. The minimum absolute atomic E-state index is 0.116. The summed E-state index contributed by atoms with van der Waals surface area (Å²) in [6, 6.07) is 19.4. The Balaban J connectivity index is 1.90. The van der Waals surface area contributed by atoms with Crippen molar-refractivity contribution >= 4 is 5.91 Å². The van der Waals surface area contributed by atoms with Gasteiger partial charge < -0.3 is 9.80 Å². The summed E-state index contributed by atoms with van der Waals surface area (Å²) in [5.41, 5.74) is 2.72. The molecule has 0 unspecified atom stereocenters. The summed E-state index contributed by atoms with van der Waals surface area (Å²) >= 11 is 0. The average Bonchev–Trinajstić information content (AvgIpc) is 2.81. The molecule has 2 heterocycles. The van der Waals surface area contributed by atoms with Gasteiger partial charge in [0.25, 0.3) is 11.5 Å². The fourth-order valence-electron chi connectivity index (χ4n) is 4.24. The summed E-state index contributed by atoms with van der Waals surface area (Å²) in [7, 11) is 5.52. The Labute approximate surface area is 182 Å². The average molecular weight is 417 g/mol. The number of benzene rings is 2. The van der Waals surface area contributed by atoms with E-state index in [1.807, 2.05) is 67.7 Å². The molecule has 4 rings (SSSR count). The van der Waals surface area contributed by atoms with Crippen LogP contribution in [0.15, 0.2) is 65.5 Å². The van der Waals surface area contributed by atoms with E-state index in [4.69, 9.17) is 0 Å². The summed E-state index contributed by atoms with van der Waals surface area (Å²) in [4.78, 5) is 31.0. The number of carbonyl (C=O) groups is 1. The molecule has 6 nitrogen and oxygen atoms in total. The predicted octanol–water partition coefficient (Wildman–Crippen LogP) is 3.28. The molecule has 1 fully saturated rings. The lowest BCUT2D eigenvalue weighted by Crippen LogP contribution is -2.46. The van der Waals surface area contributed by atoms with Gasteiger partial charge in [-0.25, -0.2) is 4.68 Å². The van der Waals surface area contributed by atoms with Gasteiger partial charge in [0.2, 0.25) is 0 Å². The molecule has 0 spiro atoms. The number of rotatable bonds is 4. The van der Waals surface area contributed by atoms with Crippen molar-refractivity contribution in [2.75, 3.05) is 27.2 Å². The third-order valence-corrected chi connectivity index (χ3v) is 6.12. The van der Waals surface area contributed by atoms with Crippen LogP contribution in [0.25, 0.3) is 22.4 Å². The van der Waals surface area contributed by atoms with Gasteiger partial charge in [0.1, 0.15) is 5.56 Å². The summed E-state index contributed by atoms with van der Waals surface area (Å²) in [6.45, 7) is 1.88. The topological polar surface area (TPSA) is 58.4 Å². The van der Waals surface area contributed by atoms with Crippen LogP contribution < -0.4 is 5.56 Å². The number of likely N-dealkylation sites (tertiary alicyclic amines) is 1. The summed E-state index contributed by atoms with van der Waals surface area (Å²) < 4.78 is 1.28. The Morgan fingerprint density at radius 3 is 2.06 bits per heavy atom. The molecule has 0 bridgehead atoms. The second kappa shape index (κ2) is 8.86. The molecule has 0 aliphatic carbocycles. The maximum atomic E-state index is 13.7. The highest BCUT2D eigenvalue weighted by Gasteiger charge is 2.30. The monoisotopic (exact) mass is 416 g/mol. The molecule has 160 valence electrons. The number of nitrogens with zero attached hydrogens (tertiary/aromatic N) is 4. The van der Waals surface area contributed by atoms with Crippen LogP contribution in [0.3, 0.4) is 0 Å². The molecule has 2 aromatic carbocycles. The van der Waals surface area contributed by atoms with E-state index in [1.165, 1.54) is 4.68 Å².